The van der Waals surface area contributed by atoms with Gasteiger partial charge in [-0.15, -0.1) is 0 Å². The molecule has 0 spiro atoms. The van der Waals surface area contributed by atoms with Crippen molar-refractivity contribution in [2.75, 3.05) is 12.8 Å². The van der Waals surface area contributed by atoms with Crippen LogP contribution in [0.5, 0.6) is 0 Å². The van der Waals surface area contributed by atoms with Gasteiger partial charge >= 0.3 is 6.09 Å². The number of nitrogens with one attached hydrogen (secondary N) is 1. The van der Waals surface area contributed by atoms with E-state index in [1.807, 2.05) is 30.3 Å². The van der Waals surface area contributed by atoms with E-state index in [1.165, 1.54) is 0 Å². The average Bonchev–Trinajstić information content (AvgIpc) is 2.54. The summed E-state index contributed by atoms with van der Waals surface area (Å²) in [6, 6.07) is 9.15. The Balaban J connectivity index is 1.81. The molecule has 0 aliphatic heterocycles. The Bertz CT molecular complexity index is 662. The molecule has 3 N–H and O–H groups in total. The normalized spacial score (nSPS) is 27.5. The van der Waals surface area contributed by atoms with E-state index in [0.29, 0.717) is 0 Å². The predicted molar refractivity (Wildman–Crippen MR) is 88.1 cm³/mol. The van der Waals surface area contributed by atoms with Crippen LogP contribution in [0.3, 0.4) is 0 Å². The van der Waals surface area contributed by atoms with E-state index >= 15 is 0 Å². The van der Waals surface area contributed by atoms with Crippen molar-refractivity contribution in [3.05, 3.63) is 35.9 Å². The van der Waals surface area contributed by atoms with Gasteiger partial charge in [0.05, 0.1) is 17.9 Å². The summed E-state index contributed by atoms with van der Waals surface area (Å²) >= 11 is 0. The molecule has 1 aromatic carbocycles. The zero-order valence-electron chi connectivity index (χ0n) is 13.5. The summed E-state index contributed by atoms with van der Waals surface area (Å²) in [5.41, 5.74) is -0.715. The fraction of sp³-hybridized carbons (Fsp3) is 0.562. The summed E-state index contributed by atoms with van der Waals surface area (Å²) in [6.07, 6.45) is -0.521. The number of ether oxygens (including phenoxy) is 1. The van der Waals surface area contributed by atoms with E-state index in [1.54, 1.807) is 0 Å². The quantitative estimate of drug-likeness (QED) is 0.711. The lowest BCUT2D eigenvalue weighted by atomic mass is 9.82. The van der Waals surface area contributed by atoms with Gasteiger partial charge in [0.2, 0.25) is 0 Å². The second kappa shape index (κ2) is 7.50. The highest BCUT2D eigenvalue weighted by atomic mass is 32.2. The number of hydrogen-bond acceptors (Lipinski definition) is 6. The van der Waals surface area contributed by atoms with Crippen LogP contribution in [0.1, 0.15) is 24.8 Å². The number of aliphatic hydroxyl groups excluding tert-OH is 1. The lowest BCUT2D eigenvalue weighted by molar-refractivity contribution is -0.0956. The van der Waals surface area contributed by atoms with Crippen molar-refractivity contribution >= 4 is 15.9 Å². The molecule has 1 aliphatic rings. The van der Waals surface area contributed by atoms with Gasteiger partial charge in [0, 0.05) is 6.26 Å². The minimum atomic E-state index is -3.26. The fourth-order valence-corrected chi connectivity index (χ4v) is 3.84. The van der Waals surface area contributed by atoms with Crippen molar-refractivity contribution in [3.63, 3.8) is 0 Å². The molecule has 8 heteroatoms. The molecule has 24 heavy (non-hydrogen) atoms. The molecule has 1 saturated carbocycles. The SMILES string of the molecule is CS(=O)(=O)[C@H]1CC[C@](O)(CNC(=O)OCc2ccccc2)[C@@H](O)C1. The Morgan fingerprint density at radius 2 is 2.04 bits per heavy atom. The number of alkyl carbamates (subject to hydrolysis) is 1. The molecule has 1 aliphatic carbocycles. The largest absolute Gasteiger partial charge is 0.445 e. The molecule has 1 aromatic rings. The van der Waals surface area contributed by atoms with Gasteiger partial charge < -0.3 is 20.3 Å². The third-order valence-electron chi connectivity index (χ3n) is 4.36. The zero-order chi connectivity index (χ0) is 17.8. The van der Waals surface area contributed by atoms with E-state index in [9.17, 15) is 23.4 Å². The third kappa shape index (κ3) is 4.93. The molecule has 1 fully saturated rings. The highest BCUT2D eigenvalue weighted by Crippen LogP contribution is 2.31. The summed E-state index contributed by atoms with van der Waals surface area (Å²) in [4.78, 5) is 11.7. The molecule has 0 saturated heterocycles. The van der Waals surface area contributed by atoms with Crippen LogP contribution in [0, 0.1) is 0 Å². The van der Waals surface area contributed by atoms with Crippen molar-refractivity contribution in [2.24, 2.45) is 0 Å². The molecule has 1 amide bonds. The van der Waals surface area contributed by atoms with Gasteiger partial charge in [0.1, 0.15) is 22.0 Å². The van der Waals surface area contributed by atoms with Gasteiger partial charge in [0.15, 0.2) is 0 Å². The molecular formula is C16H23NO6S. The Kier molecular flexibility index (Phi) is 5.84. The maximum atomic E-state index is 11.7. The molecular weight excluding hydrogens is 334 g/mol. The van der Waals surface area contributed by atoms with Gasteiger partial charge in [-0.3, -0.25) is 0 Å². The van der Waals surface area contributed by atoms with E-state index < -0.39 is 32.9 Å². The zero-order valence-corrected chi connectivity index (χ0v) is 14.3. The van der Waals surface area contributed by atoms with Crippen molar-refractivity contribution in [3.8, 4) is 0 Å². The van der Waals surface area contributed by atoms with Crippen LogP contribution in [0.15, 0.2) is 30.3 Å². The highest BCUT2D eigenvalue weighted by Gasteiger charge is 2.44. The molecule has 3 atom stereocenters. The fourth-order valence-electron chi connectivity index (χ4n) is 2.76. The Hall–Kier alpha value is -1.64. The highest BCUT2D eigenvalue weighted by molar-refractivity contribution is 7.91. The van der Waals surface area contributed by atoms with Crippen molar-refractivity contribution in [1.29, 1.82) is 0 Å². The maximum Gasteiger partial charge on any atom is 0.407 e. The molecule has 7 nitrogen and oxygen atoms in total. The first-order valence-corrected chi connectivity index (χ1v) is 9.70. The van der Waals surface area contributed by atoms with E-state index in [4.69, 9.17) is 4.74 Å². The standard InChI is InChI=1S/C16H23NO6S/c1-24(21,22)13-7-8-16(20,14(18)9-13)11-17-15(19)23-10-12-5-3-2-4-6-12/h2-6,13-14,18,20H,7-11H2,1H3,(H,17,19)/t13-,14-,16-/m0/s1. The first-order valence-electron chi connectivity index (χ1n) is 7.74. The summed E-state index contributed by atoms with van der Waals surface area (Å²) in [5, 5.41) is 22.3. The molecule has 134 valence electrons. The number of hydrogen-bond donors (Lipinski definition) is 3. The Morgan fingerprint density at radius 3 is 2.62 bits per heavy atom. The number of amides is 1. The lowest BCUT2D eigenvalue weighted by Gasteiger charge is -2.39. The minimum Gasteiger partial charge on any atom is -0.445 e. The molecule has 0 bridgehead atoms. The Labute approximate surface area is 141 Å². The number of carbonyl (C=O) groups excluding carboxylic acids is 1. The number of benzene rings is 1. The number of sulfone groups is 1. The van der Waals surface area contributed by atoms with Crippen LogP contribution in [-0.4, -0.2) is 54.5 Å². The van der Waals surface area contributed by atoms with Crippen LogP contribution in [-0.2, 0) is 21.2 Å². The topological polar surface area (TPSA) is 113 Å². The maximum absolute atomic E-state index is 11.7. The molecule has 0 radical (unpaired) electrons. The number of aliphatic hydroxyl groups is 2. The van der Waals surface area contributed by atoms with Crippen LogP contribution >= 0.6 is 0 Å². The van der Waals surface area contributed by atoms with Crippen molar-refractivity contribution in [2.45, 2.75) is 42.8 Å². The van der Waals surface area contributed by atoms with Gasteiger partial charge in [0.25, 0.3) is 0 Å². The summed E-state index contributed by atoms with van der Waals surface area (Å²) in [7, 11) is -3.26. The molecule has 0 heterocycles. The monoisotopic (exact) mass is 357 g/mol. The number of carbonyl (C=O) groups is 1. The molecule has 2 rings (SSSR count). The minimum absolute atomic E-state index is 0.0456. The predicted octanol–water partition coefficient (Wildman–Crippen LogP) is 0.602. The van der Waals surface area contributed by atoms with Crippen LogP contribution in [0.4, 0.5) is 4.79 Å². The van der Waals surface area contributed by atoms with Crippen LogP contribution in [0.25, 0.3) is 0 Å². The average molecular weight is 357 g/mol. The van der Waals surface area contributed by atoms with Crippen molar-refractivity contribution in [1.82, 2.24) is 5.32 Å². The smallest absolute Gasteiger partial charge is 0.407 e. The Morgan fingerprint density at radius 1 is 1.38 bits per heavy atom. The number of rotatable bonds is 5. The molecule has 0 aromatic heterocycles. The third-order valence-corrected chi connectivity index (χ3v) is 6.00. The second-order valence-corrected chi connectivity index (χ2v) is 8.59. The lowest BCUT2D eigenvalue weighted by Crippen LogP contribution is -2.56. The van der Waals surface area contributed by atoms with Gasteiger partial charge in [-0.2, -0.15) is 0 Å². The van der Waals surface area contributed by atoms with Gasteiger partial charge in [-0.25, -0.2) is 13.2 Å². The first-order chi connectivity index (χ1) is 11.2. The van der Waals surface area contributed by atoms with Crippen LogP contribution < -0.4 is 5.32 Å². The van der Waals surface area contributed by atoms with E-state index in [0.717, 1.165) is 11.8 Å². The van der Waals surface area contributed by atoms with E-state index in [2.05, 4.69) is 5.32 Å². The summed E-state index contributed by atoms with van der Waals surface area (Å²) in [6.45, 7) is -0.0952. The summed E-state index contributed by atoms with van der Waals surface area (Å²) < 4.78 is 28.1. The van der Waals surface area contributed by atoms with Crippen molar-refractivity contribution < 1.29 is 28.2 Å². The summed E-state index contributed by atoms with van der Waals surface area (Å²) in [5.74, 6) is 0. The first kappa shape index (κ1) is 18.7. The van der Waals surface area contributed by atoms with Gasteiger partial charge in [-0.1, -0.05) is 30.3 Å². The van der Waals surface area contributed by atoms with Crippen LogP contribution in [0.2, 0.25) is 0 Å². The van der Waals surface area contributed by atoms with E-state index in [-0.39, 0.29) is 32.4 Å². The second-order valence-electron chi connectivity index (χ2n) is 6.26. The molecule has 0 unspecified atom stereocenters. The van der Waals surface area contributed by atoms with Gasteiger partial charge in [-0.05, 0) is 24.8 Å².